The average Bonchev–Trinajstić information content (AvgIpc) is 2.83. The van der Waals surface area contributed by atoms with E-state index in [0.29, 0.717) is 0 Å². The number of aromatic nitrogens is 1. The van der Waals surface area contributed by atoms with Crippen molar-refractivity contribution < 1.29 is 4.79 Å². The Hall–Kier alpha value is -0.940. The van der Waals surface area contributed by atoms with Gasteiger partial charge in [-0.2, -0.15) is 0 Å². The number of nitrogens with zero attached hydrogens (tertiary/aromatic N) is 2. The van der Waals surface area contributed by atoms with Crippen molar-refractivity contribution in [1.29, 1.82) is 0 Å². The smallest absolute Gasteiger partial charge is 0.265 e. The number of thiazole rings is 1. The van der Waals surface area contributed by atoms with Gasteiger partial charge in [-0.1, -0.05) is 0 Å². The molecule has 18 heavy (non-hydrogen) atoms. The van der Waals surface area contributed by atoms with Crippen molar-refractivity contribution in [2.75, 3.05) is 26.7 Å². The number of hydrogen-bond donors (Lipinski definition) is 1. The number of nitrogens with one attached hydrogen (secondary N) is 1. The van der Waals surface area contributed by atoms with Crippen LogP contribution in [0.3, 0.4) is 0 Å². The number of aryl methyl sites for hydroxylation is 1. The van der Waals surface area contributed by atoms with Crippen molar-refractivity contribution in [1.82, 2.24) is 15.2 Å². The minimum absolute atomic E-state index is 0.160. The van der Waals surface area contributed by atoms with Gasteiger partial charge in [-0.25, -0.2) is 4.98 Å². The third kappa shape index (κ3) is 3.29. The first-order valence-electron chi connectivity index (χ1n) is 6.57. The molecule has 4 nitrogen and oxygen atoms in total. The fourth-order valence-electron chi connectivity index (χ4n) is 2.39. The fraction of sp³-hybridized carbons (Fsp3) is 0.692. The molecule has 0 spiro atoms. The second-order valence-corrected chi connectivity index (χ2v) is 6.11. The summed E-state index contributed by atoms with van der Waals surface area (Å²) in [6.45, 7) is 4.80. The molecule has 1 amide bonds. The summed E-state index contributed by atoms with van der Waals surface area (Å²) in [7, 11) is 1.99. The van der Waals surface area contributed by atoms with Gasteiger partial charge in [-0.15, -0.1) is 11.3 Å². The highest BCUT2D eigenvalue weighted by atomic mass is 32.1. The maximum Gasteiger partial charge on any atom is 0.265 e. The Morgan fingerprint density at radius 2 is 2.28 bits per heavy atom. The van der Waals surface area contributed by atoms with E-state index in [4.69, 9.17) is 0 Å². The molecule has 100 valence electrons. The van der Waals surface area contributed by atoms with Gasteiger partial charge < -0.3 is 10.2 Å². The highest BCUT2D eigenvalue weighted by Gasteiger charge is 2.24. The average molecular weight is 267 g/mol. The molecule has 0 aromatic carbocycles. The third-order valence-corrected chi connectivity index (χ3v) is 4.44. The molecule has 1 fully saturated rings. The molecule has 0 radical (unpaired) electrons. The Morgan fingerprint density at radius 3 is 2.83 bits per heavy atom. The molecule has 1 N–H and O–H groups in total. The molecule has 1 aliphatic rings. The van der Waals surface area contributed by atoms with E-state index in [0.717, 1.165) is 48.3 Å². The first kappa shape index (κ1) is 13.5. The van der Waals surface area contributed by atoms with Crippen molar-refractivity contribution in [3.05, 3.63) is 16.1 Å². The minimum atomic E-state index is 0.160. The monoisotopic (exact) mass is 267 g/mol. The summed E-state index contributed by atoms with van der Waals surface area (Å²) in [4.78, 5) is 19.1. The van der Waals surface area contributed by atoms with Gasteiger partial charge in [0.1, 0.15) is 4.88 Å². The van der Waals surface area contributed by atoms with Crippen molar-refractivity contribution in [2.24, 2.45) is 5.92 Å². The lowest BCUT2D eigenvalue weighted by molar-refractivity contribution is 0.0692. The standard InChI is InChI=1S/C13H21N3OS/c1-10-15-9-12(18-10)13(17)16-7-4-11(5-8-16)3-6-14-2/h9,11,14H,3-8H2,1-2H3. The van der Waals surface area contributed by atoms with E-state index in [-0.39, 0.29) is 5.91 Å². The predicted octanol–water partition coefficient (Wildman–Crippen LogP) is 1.91. The van der Waals surface area contributed by atoms with Crippen LogP contribution in [0, 0.1) is 12.8 Å². The van der Waals surface area contributed by atoms with Gasteiger partial charge in [0, 0.05) is 13.1 Å². The van der Waals surface area contributed by atoms with Gasteiger partial charge in [0.2, 0.25) is 0 Å². The molecule has 2 rings (SSSR count). The summed E-state index contributed by atoms with van der Waals surface area (Å²) in [5, 5.41) is 4.15. The quantitative estimate of drug-likeness (QED) is 0.906. The van der Waals surface area contributed by atoms with Crippen LogP contribution in [0.4, 0.5) is 0 Å². The molecular weight excluding hydrogens is 246 g/mol. The topological polar surface area (TPSA) is 45.2 Å². The minimum Gasteiger partial charge on any atom is -0.338 e. The van der Waals surface area contributed by atoms with Crippen molar-refractivity contribution in [3.63, 3.8) is 0 Å². The van der Waals surface area contributed by atoms with Crippen LogP contribution < -0.4 is 5.32 Å². The Kier molecular flexibility index (Phi) is 4.72. The second-order valence-electron chi connectivity index (χ2n) is 4.87. The van der Waals surface area contributed by atoms with Crippen LogP contribution in [0.25, 0.3) is 0 Å². The van der Waals surface area contributed by atoms with E-state index in [1.165, 1.54) is 17.8 Å². The number of amides is 1. The number of carbonyl (C=O) groups excluding carboxylic acids is 1. The van der Waals surface area contributed by atoms with Crippen molar-refractivity contribution in [3.8, 4) is 0 Å². The van der Waals surface area contributed by atoms with Crippen LogP contribution in [0.2, 0.25) is 0 Å². The van der Waals surface area contributed by atoms with Crippen molar-refractivity contribution >= 4 is 17.2 Å². The number of piperidine rings is 1. The molecule has 5 heteroatoms. The van der Waals surface area contributed by atoms with Gasteiger partial charge in [0.25, 0.3) is 5.91 Å². The highest BCUT2D eigenvalue weighted by molar-refractivity contribution is 7.13. The summed E-state index contributed by atoms with van der Waals surface area (Å²) in [5.74, 6) is 0.928. The lowest BCUT2D eigenvalue weighted by atomic mass is 9.93. The van der Waals surface area contributed by atoms with Crippen molar-refractivity contribution in [2.45, 2.75) is 26.2 Å². The van der Waals surface area contributed by atoms with Crippen LogP contribution >= 0.6 is 11.3 Å². The zero-order valence-corrected chi connectivity index (χ0v) is 11.9. The maximum atomic E-state index is 12.2. The van der Waals surface area contributed by atoms with Gasteiger partial charge in [-0.05, 0) is 45.7 Å². The predicted molar refractivity (Wildman–Crippen MR) is 74.0 cm³/mol. The Bertz CT molecular complexity index is 397. The van der Waals surface area contributed by atoms with Gasteiger partial charge in [0.15, 0.2) is 0 Å². The van der Waals surface area contributed by atoms with E-state index >= 15 is 0 Å². The van der Waals surface area contributed by atoms with Gasteiger partial charge >= 0.3 is 0 Å². The number of carbonyl (C=O) groups is 1. The molecule has 2 heterocycles. The highest BCUT2D eigenvalue weighted by Crippen LogP contribution is 2.22. The molecule has 1 aliphatic heterocycles. The largest absolute Gasteiger partial charge is 0.338 e. The summed E-state index contributed by atoms with van der Waals surface area (Å²) in [5.41, 5.74) is 0. The van der Waals surface area contributed by atoms with E-state index in [2.05, 4.69) is 10.3 Å². The summed E-state index contributed by atoms with van der Waals surface area (Å²) in [6.07, 6.45) is 5.18. The lowest BCUT2D eigenvalue weighted by Gasteiger charge is -2.31. The lowest BCUT2D eigenvalue weighted by Crippen LogP contribution is -2.38. The van der Waals surface area contributed by atoms with Crippen LogP contribution in [0.15, 0.2) is 6.20 Å². The number of hydrogen-bond acceptors (Lipinski definition) is 4. The molecule has 0 unspecified atom stereocenters. The molecule has 0 bridgehead atoms. The van der Waals surface area contributed by atoms with Crippen LogP contribution in [-0.2, 0) is 0 Å². The number of likely N-dealkylation sites (tertiary alicyclic amines) is 1. The Labute approximate surface area is 112 Å². The van der Waals surface area contributed by atoms with E-state index < -0.39 is 0 Å². The third-order valence-electron chi connectivity index (χ3n) is 3.54. The zero-order valence-electron chi connectivity index (χ0n) is 11.1. The summed E-state index contributed by atoms with van der Waals surface area (Å²) in [6, 6.07) is 0. The normalized spacial score (nSPS) is 17.1. The Morgan fingerprint density at radius 1 is 1.56 bits per heavy atom. The first-order chi connectivity index (χ1) is 8.70. The fourth-order valence-corrected chi connectivity index (χ4v) is 3.13. The molecular formula is C13H21N3OS. The molecule has 0 saturated carbocycles. The SMILES string of the molecule is CNCCC1CCN(C(=O)c2cnc(C)s2)CC1. The van der Waals surface area contributed by atoms with Crippen LogP contribution in [-0.4, -0.2) is 42.5 Å². The molecule has 0 atom stereocenters. The maximum absolute atomic E-state index is 12.2. The van der Waals surface area contributed by atoms with E-state index in [1.54, 1.807) is 6.20 Å². The number of rotatable bonds is 4. The van der Waals surface area contributed by atoms with Gasteiger partial charge in [-0.3, -0.25) is 4.79 Å². The summed E-state index contributed by atoms with van der Waals surface area (Å²) >= 11 is 1.49. The molecule has 1 saturated heterocycles. The first-order valence-corrected chi connectivity index (χ1v) is 7.38. The molecule has 0 aliphatic carbocycles. The van der Waals surface area contributed by atoms with Crippen LogP contribution in [0.5, 0.6) is 0 Å². The van der Waals surface area contributed by atoms with E-state index in [1.807, 2.05) is 18.9 Å². The zero-order chi connectivity index (χ0) is 13.0. The van der Waals surface area contributed by atoms with E-state index in [9.17, 15) is 4.79 Å². The Balaban J connectivity index is 1.84. The summed E-state index contributed by atoms with van der Waals surface area (Å²) < 4.78 is 0. The van der Waals surface area contributed by atoms with Crippen LogP contribution in [0.1, 0.15) is 33.9 Å². The van der Waals surface area contributed by atoms with Gasteiger partial charge in [0.05, 0.1) is 11.2 Å². The molecule has 1 aromatic heterocycles. The molecule has 1 aromatic rings. The second kappa shape index (κ2) is 6.29.